The van der Waals surface area contributed by atoms with E-state index in [2.05, 4.69) is 17.4 Å². The topological polar surface area (TPSA) is 54.5 Å². The molecule has 2 heterocycles. The first-order valence-corrected chi connectivity index (χ1v) is 10.1. The minimum atomic E-state index is 0.117. The SMILES string of the molecule is COc1ccccc1NCC(=O)N1CCC[C@H](c2nc3ccccc3s2)C1. The molecular formula is C21H23N3O2S. The Bertz CT molecular complexity index is 907. The van der Waals surface area contributed by atoms with E-state index < -0.39 is 0 Å². The molecule has 5 nitrogen and oxygen atoms in total. The number of anilines is 1. The van der Waals surface area contributed by atoms with E-state index in [-0.39, 0.29) is 12.5 Å². The number of likely N-dealkylation sites (tertiary alicyclic amines) is 1. The van der Waals surface area contributed by atoms with Crippen LogP contribution in [0.5, 0.6) is 5.75 Å². The molecular weight excluding hydrogens is 358 g/mol. The zero-order chi connectivity index (χ0) is 18.6. The fraction of sp³-hybridized carbons (Fsp3) is 0.333. The molecule has 4 rings (SSSR count). The number of rotatable bonds is 5. The molecule has 1 aliphatic heterocycles. The van der Waals surface area contributed by atoms with E-state index >= 15 is 0 Å². The summed E-state index contributed by atoms with van der Waals surface area (Å²) in [6, 6.07) is 15.9. The van der Waals surface area contributed by atoms with Crippen LogP contribution in [0.2, 0.25) is 0 Å². The Morgan fingerprint density at radius 1 is 1.26 bits per heavy atom. The van der Waals surface area contributed by atoms with Gasteiger partial charge in [0.25, 0.3) is 0 Å². The van der Waals surface area contributed by atoms with Crippen molar-refractivity contribution in [3.05, 3.63) is 53.5 Å². The van der Waals surface area contributed by atoms with Gasteiger partial charge in [-0.3, -0.25) is 4.79 Å². The van der Waals surface area contributed by atoms with Crippen LogP contribution < -0.4 is 10.1 Å². The second-order valence-electron chi connectivity index (χ2n) is 6.75. The van der Waals surface area contributed by atoms with Crippen LogP contribution in [0.3, 0.4) is 0 Å². The molecule has 1 aromatic heterocycles. The van der Waals surface area contributed by atoms with Crippen LogP contribution >= 0.6 is 11.3 Å². The average Bonchev–Trinajstić information content (AvgIpc) is 3.16. The molecule has 2 aromatic carbocycles. The number of benzene rings is 2. The lowest BCUT2D eigenvalue weighted by Gasteiger charge is -2.32. The average molecular weight is 382 g/mol. The van der Waals surface area contributed by atoms with Crippen molar-refractivity contribution < 1.29 is 9.53 Å². The smallest absolute Gasteiger partial charge is 0.241 e. The number of nitrogens with zero attached hydrogens (tertiary/aromatic N) is 2. The van der Waals surface area contributed by atoms with Crippen molar-refractivity contribution in [3.63, 3.8) is 0 Å². The Kier molecular flexibility index (Phi) is 5.25. The minimum Gasteiger partial charge on any atom is -0.495 e. The van der Waals surface area contributed by atoms with Gasteiger partial charge in [0.2, 0.25) is 5.91 Å². The Balaban J connectivity index is 1.40. The van der Waals surface area contributed by atoms with Crippen molar-refractivity contribution in [2.45, 2.75) is 18.8 Å². The number of carbonyl (C=O) groups excluding carboxylic acids is 1. The largest absolute Gasteiger partial charge is 0.495 e. The van der Waals surface area contributed by atoms with E-state index in [0.717, 1.165) is 47.9 Å². The summed E-state index contributed by atoms with van der Waals surface area (Å²) in [5.41, 5.74) is 1.90. The van der Waals surface area contributed by atoms with E-state index in [9.17, 15) is 4.79 Å². The van der Waals surface area contributed by atoms with Crippen LogP contribution in [-0.4, -0.2) is 42.5 Å². The fourth-order valence-electron chi connectivity index (χ4n) is 3.54. The lowest BCUT2D eigenvalue weighted by Crippen LogP contribution is -2.41. The first kappa shape index (κ1) is 17.8. The maximum absolute atomic E-state index is 12.7. The summed E-state index contributed by atoms with van der Waals surface area (Å²) >= 11 is 1.75. The van der Waals surface area contributed by atoms with Gasteiger partial charge in [-0.15, -0.1) is 11.3 Å². The minimum absolute atomic E-state index is 0.117. The molecule has 1 N–H and O–H groups in total. The number of ether oxygens (including phenoxy) is 1. The molecule has 1 fully saturated rings. The highest BCUT2D eigenvalue weighted by molar-refractivity contribution is 7.18. The van der Waals surface area contributed by atoms with Crippen molar-refractivity contribution >= 4 is 33.1 Å². The van der Waals surface area contributed by atoms with E-state index in [0.29, 0.717) is 5.92 Å². The molecule has 1 saturated heterocycles. The Labute approximate surface area is 163 Å². The number of carbonyl (C=O) groups is 1. The third-order valence-corrected chi connectivity index (χ3v) is 6.17. The predicted molar refractivity (Wildman–Crippen MR) is 110 cm³/mol. The molecule has 1 atom stereocenters. The molecule has 1 aliphatic rings. The van der Waals surface area contributed by atoms with Crippen molar-refractivity contribution in [3.8, 4) is 5.75 Å². The van der Waals surface area contributed by atoms with Crippen LogP contribution in [0.15, 0.2) is 48.5 Å². The van der Waals surface area contributed by atoms with Crippen molar-refractivity contribution in [2.24, 2.45) is 0 Å². The number of thiazole rings is 1. The Morgan fingerprint density at radius 3 is 2.93 bits per heavy atom. The maximum Gasteiger partial charge on any atom is 0.241 e. The maximum atomic E-state index is 12.7. The molecule has 0 spiro atoms. The normalized spacial score (nSPS) is 17.1. The van der Waals surface area contributed by atoms with E-state index in [1.807, 2.05) is 41.3 Å². The Morgan fingerprint density at radius 2 is 2.07 bits per heavy atom. The molecule has 0 radical (unpaired) electrons. The summed E-state index contributed by atoms with van der Waals surface area (Å²) in [5.74, 6) is 1.19. The second-order valence-corrected chi connectivity index (χ2v) is 7.81. The summed E-state index contributed by atoms with van der Waals surface area (Å²) in [6.45, 7) is 1.83. The van der Waals surface area contributed by atoms with E-state index in [1.165, 1.54) is 4.70 Å². The molecule has 6 heteroatoms. The summed E-state index contributed by atoms with van der Waals surface area (Å²) in [7, 11) is 1.63. The van der Waals surface area contributed by atoms with Crippen LogP contribution in [0, 0.1) is 0 Å². The van der Waals surface area contributed by atoms with Crippen LogP contribution in [0.25, 0.3) is 10.2 Å². The number of methoxy groups -OCH3 is 1. The summed E-state index contributed by atoms with van der Waals surface area (Å²) in [5, 5.41) is 4.35. The first-order valence-electron chi connectivity index (χ1n) is 9.24. The third-order valence-electron chi connectivity index (χ3n) is 4.97. The van der Waals surface area contributed by atoms with Crippen LogP contribution in [0.1, 0.15) is 23.8 Å². The molecule has 0 bridgehead atoms. The van der Waals surface area contributed by atoms with Gasteiger partial charge in [0, 0.05) is 19.0 Å². The zero-order valence-electron chi connectivity index (χ0n) is 15.4. The van der Waals surface area contributed by atoms with Crippen molar-refractivity contribution in [2.75, 3.05) is 32.1 Å². The highest BCUT2D eigenvalue weighted by Crippen LogP contribution is 2.33. The number of amides is 1. The highest BCUT2D eigenvalue weighted by atomic mass is 32.1. The van der Waals surface area contributed by atoms with Gasteiger partial charge in [-0.1, -0.05) is 24.3 Å². The predicted octanol–water partition coefficient (Wildman–Crippen LogP) is 4.12. The lowest BCUT2D eigenvalue weighted by atomic mass is 9.98. The third kappa shape index (κ3) is 3.90. The fourth-order valence-corrected chi connectivity index (χ4v) is 4.64. The van der Waals surface area contributed by atoms with Crippen LogP contribution in [-0.2, 0) is 4.79 Å². The number of aromatic nitrogens is 1. The molecule has 0 saturated carbocycles. The van der Waals surface area contributed by atoms with Crippen LogP contribution in [0.4, 0.5) is 5.69 Å². The number of hydrogen-bond acceptors (Lipinski definition) is 5. The van der Waals surface area contributed by atoms with Gasteiger partial charge >= 0.3 is 0 Å². The summed E-state index contributed by atoms with van der Waals surface area (Å²) < 4.78 is 6.55. The van der Waals surface area contributed by atoms with Crippen molar-refractivity contribution in [1.29, 1.82) is 0 Å². The molecule has 27 heavy (non-hydrogen) atoms. The number of para-hydroxylation sites is 3. The zero-order valence-corrected chi connectivity index (χ0v) is 16.2. The van der Waals surface area contributed by atoms with Gasteiger partial charge in [0.15, 0.2) is 0 Å². The molecule has 3 aromatic rings. The van der Waals surface area contributed by atoms with Gasteiger partial charge in [-0.2, -0.15) is 0 Å². The van der Waals surface area contributed by atoms with Crippen molar-refractivity contribution in [1.82, 2.24) is 9.88 Å². The van der Waals surface area contributed by atoms with Gasteiger partial charge < -0.3 is 15.0 Å². The second kappa shape index (κ2) is 7.96. The Hall–Kier alpha value is -2.60. The quantitative estimate of drug-likeness (QED) is 0.722. The van der Waals surface area contributed by atoms with E-state index in [1.54, 1.807) is 18.4 Å². The summed E-state index contributed by atoms with van der Waals surface area (Å²) in [6.07, 6.45) is 2.10. The van der Waals surface area contributed by atoms with E-state index in [4.69, 9.17) is 9.72 Å². The molecule has 1 amide bonds. The van der Waals surface area contributed by atoms with Gasteiger partial charge in [-0.05, 0) is 37.1 Å². The monoisotopic (exact) mass is 381 g/mol. The van der Waals surface area contributed by atoms with Gasteiger partial charge in [-0.25, -0.2) is 4.98 Å². The highest BCUT2D eigenvalue weighted by Gasteiger charge is 2.26. The lowest BCUT2D eigenvalue weighted by molar-refractivity contribution is -0.130. The molecule has 0 unspecified atom stereocenters. The standard InChI is InChI=1S/C21H23N3O2S/c1-26-18-10-4-2-8-16(18)22-13-20(25)24-12-6-7-15(14-24)21-23-17-9-3-5-11-19(17)27-21/h2-5,8-11,15,22H,6-7,12-14H2,1H3/t15-/m0/s1. The number of nitrogens with one attached hydrogen (secondary N) is 1. The first-order chi connectivity index (χ1) is 13.2. The number of hydrogen-bond donors (Lipinski definition) is 1. The number of piperidine rings is 1. The number of fused-ring (bicyclic) bond motifs is 1. The van der Waals surface area contributed by atoms with Gasteiger partial charge in [0.05, 0.1) is 34.6 Å². The molecule has 140 valence electrons. The molecule has 0 aliphatic carbocycles. The summed E-state index contributed by atoms with van der Waals surface area (Å²) in [4.78, 5) is 19.5. The van der Waals surface area contributed by atoms with Gasteiger partial charge in [0.1, 0.15) is 5.75 Å².